The van der Waals surface area contributed by atoms with Gasteiger partial charge in [0.15, 0.2) is 6.61 Å². The number of carbonyl (C=O) groups is 2. The molecule has 0 heterocycles. The van der Waals surface area contributed by atoms with Crippen LogP contribution in [0.5, 0.6) is 11.5 Å². The van der Waals surface area contributed by atoms with Crippen molar-refractivity contribution in [2.75, 3.05) is 6.61 Å². The maximum atomic E-state index is 12.4. The molecule has 26 heavy (non-hydrogen) atoms. The number of benzene rings is 1. The first-order valence-corrected chi connectivity index (χ1v) is 9.26. The maximum absolute atomic E-state index is 12.4. The van der Waals surface area contributed by atoms with E-state index < -0.39 is 17.5 Å². The molecule has 0 saturated heterocycles. The summed E-state index contributed by atoms with van der Waals surface area (Å²) < 4.78 is 11.3. The Morgan fingerprint density at radius 3 is 2.31 bits per heavy atom. The molecule has 6 heteroatoms. The largest absolute Gasteiger partial charge is 0.507 e. The summed E-state index contributed by atoms with van der Waals surface area (Å²) in [5, 5.41) is 18.5. The fourth-order valence-electron chi connectivity index (χ4n) is 5.48. The fraction of sp³-hybridized carbons (Fsp3) is 0.600. The minimum absolute atomic E-state index is 0.215. The van der Waals surface area contributed by atoms with Gasteiger partial charge in [-0.1, -0.05) is 0 Å². The molecule has 4 aliphatic carbocycles. The van der Waals surface area contributed by atoms with Gasteiger partial charge in [-0.3, -0.25) is 0 Å². The van der Waals surface area contributed by atoms with Gasteiger partial charge in [0.2, 0.25) is 0 Å². The Balaban J connectivity index is 1.39. The van der Waals surface area contributed by atoms with Crippen LogP contribution in [0.2, 0.25) is 0 Å². The van der Waals surface area contributed by atoms with Crippen molar-refractivity contribution in [1.82, 2.24) is 0 Å². The first kappa shape index (κ1) is 17.2. The lowest BCUT2D eigenvalue weighted by molar-refractivity contribution is -0.204. The summed E-state index contributed by atoms with van der Waals surface area (Å²) in [5.74, 6) is 0.673. The number of hydrogen-bond donors (Lipinski definition) is 2. The summed E-state index contributed by atoms with van der Waals surface area (Å²) in [6.45, 7) is 1.80. The van der Waals surface area contributed by atoms with Gasteiger partial charge in [0, 0.05) is 0 Å². The molecule has 0 aromatic heterocycles. The first-order chi connectivity index (χ1) is 12.3. The van der Waals surface area contributed by atoms with E-state index in [1.807, 2.05) is 0 Å². The third-order valence-corrected chi connectivity index (χ3v) is 6.65. The molecule has 0 aliphatic heterocycles. The van der Waals surface area contributed by atoms with E-state index >= 15 is 0 Å². The van der Waals surface area contributed by atoms with Gasteiger partial charge in [-0.2, -0.15) is 0 Å². The zero-order chi connectivity index (χ0) is 18.5. The summed E-state index contributed by atoms with van der Waals surface area (Å²) in [7, 11) is 0. The Morgan fingerprint density at radius 1 is 1.12 bits per heavy atom. The lowest BCUT2D eigenvalue weighted by atomic mass is 9.50. The molecule has 0 amide bonds. The van der Waals surface area contributed by atoms with Crippen LogP contribution in [0.1, 0.15) is 49.4 Å². The van der Waals surface area contributed by atoms with Crippen LogP contribution >= 0.6 is 0 Å². The highest BCUT2D eigenvalue weighted by molar-refractivity contribution is 5.91. The quantitative estimate of drug-likeness (QED) is 0.783. The van der Waals surface area contributed by atoms with E-state index in [0.29, 0.717) is 11.8 Å². The zero-order valence-corrected chi connectivity index (χ0v) is 14.8. The lowest BCUT2D eigenvalue weighted by Gasteiger charge is -2.59. The number of hydrogen-bond acceptors (Lipinski definition) is 5. The molecule has 0 unspecified atom stereocenters. The SMILES string of the molecule is CC1(OC(=O)COc2ccc(O)c(C(=O)O)c2)C2CC3CC(C2)CC1C3. The van der Waals surface area contributed by atoms with Crippen LogP contribution in [0, 0.1) is 23.7 Å². The summed E-state index contributed by atoms with van der Waals surface area (Å²) in [5.41, 5.74) is -0.668. The highest BCUT2D eigenvalue weighted by Gasteiger charge is 2.57. The third-order valence-electron chi connectivity index (χ3n) is 6.65. The maximum Gasteiger partial charge on any atom is 0.344 e. The Labute approximate surface area is 152 Å². The minimum Gasteiger partial charge on any atom is -0.507 e. The van der Waals surface area contributed by atoms with Gasteiger partial charge in [0.1, 0.15) is 22.7 Å². The molecular formula is C20H24O6. The number of esters is 1. The first-order valence-electron chi connectivity index (χ1n) is 9.26. The molecule has 1 aromatic rings. The molecule has 4 fully saturated rings. The molecule has 4 aliphatic rings. The van der Waals surface area contributed by atoms with E-state index in [9.17, 15) is 14.7 Å². The highest BCUT2D eigenvalue weighted by atomic mass is 16.6. The van der Waals surface area contributed by atoms with E-state index in [4.69, 9.17) is 14.6 Å². The van der Waals surface area contributed by atoms with Crippen molar-refractivity contribution in [1.29, 1.82) is 0 Å². The van der Waals surface area contributed by atoms with Crippen molar-refractivity contribution in [2.45, 2.75) is 44.6 Å². The predicted octanol–water partition coefficient (Wildman–Crippen LogP) is 3.23. The number of aromatic hydroxyl groups is 1. The van der Waals surface area contributed by atoms with Crippen LogP contribution in [-0.2, 0) is 9.53 Å². The van der Waals surface area contributed by atoms with Crippen molar-refractivity contribution in [2.24, 2.45) is 23.7 Å². The normalized spacial score (nSPS) is 34.5. The van der Waals surface area contributed by atoms with Crippen molar-refractivity contribution >= 4 is 11.9 Å². The minimum atomic E-state index is -1.25. The molecule has 1 aromatic carbocycles. The standard InChI is InChI=1S/C20H24O6/c1-20(13-5-11-4-12(7-13)8-14(20)6-11)26-18(22)10-25-15-2-3-17(21)16(9-15)19(23)24/h2-3,9,11-14,21H,4-8,10H2,1H3,(H,23,24). The Hall–Kier alpha value is -2.24. The highest BCUT2D eigenvalue weighted by Crippen LogP contribution is 2.59. The number of carboxylic acids is 1. The van der Waals surface area contributed by atoms with E-state index in [0.717, 1.165) is 37.5 Å². The Kier molecular flexibility index (Phi) is 4.09. The zero-order valence-electron chi connectivity index (χ0n) is 14.8. The van der Waals surface area contributed by atoms with Gasteiger partial charge in [-0.25, -0.2) is 9.59 Å². The number of ether oxygens (including phenoxy) is 2. The Morgan fingerprint density at radius 2 is 1.73 bits per heavy atom. The summed E-state index contributed by atoms with van der Waals surface area (Å²) >= 11 is 0. The third kappa shape index (κ3) is 2.91. The van der Waals surface area contributed by atoms with Crippen LogP contribution in [0.3, 0.4) is 0 Å². The molecule has 0 radical (unpaired) electrons. The lowest BCUT2D eigenvalue weighted by Crippen LogP contribution is -2.58. The summed E-state index contributed by atoms with van der Waals surface area (Å²) in [6, 6.07) is 3.87. The number of aromatic carboxylic acids is 1. The van der Waals surface area contributed by atoms with Crippen molar-refractivity contribution in [3.8, 4) is 11.5 Å². The van der Waals surface area contributed by atoms with Crippen LogP contribution in [0.25, 0.3) is 0 Å². The molecule has 5 rings (SSSR count). The molecule has 4 bridgehead atoms. The van der Waals surface area contributed by atoms with Gasteiger partial charge in [0.05, 0.1) is 0 Å². The Bertz CT molecular complexity index is 712. The number of carbonyl (C=O) groups excluding carboxylic acids is 1. The molecule has 4 saturated carbocycles. The van der Waals surface area contributed by atoms with Crippen molar-refractivity contribution in [3.05, 3.63) is 23.8 Å². The predicted molar refractivity (Wildman–Crippen MR) is 92.1 cm³/mol. The van der Waals surface area contributed by atoms with Gasteiger partial charge in [0.25, 0.3) is 0 Å². The van der Waals surface area contributed by atoms with E-state index in [-0.39, 0.29) is 23.7 Å². The number of phenols is 1. The second-order valence-electron chi connectivity index (χ2n) is 8.24. The molecule has 0 atom stereocenters. The smallest absolute Gasteiger partial charge is 0.344 e. The van der Waals surface area contributed by atoms with E-state index in [1.165, 1.54) is 24.6 Å². The average molecular weight is 360 g/mol. The molecular weight excluding hydrogens is 336 g/mol. The monoisotopic (exact) mass is 360 g/mol. The van der Waals surface area contributed by atoms with Crippen LogP contribution in [0.4, 0.5) is 0 Å². The van der Waals surface area contributed by atoms with Gasteiger partial charge >= 0.3 is 11.9 Å². The van der Waals surface area contributed by atoms with Gasteiger partial charge in [-0.05, 0) is 80.9 Å². The van der Waals surface area contributed by atoms with Crippen LogP contribution in [0.15, 0.2) is 18.2 Å². The van der Waals surface area contributed by atoms with Crippen molar-refractivity contribution in [3.63, 3.8) is 0 Å². The summed E-state index contributed by atoms with van der Waals surface area (Å²) in [6.07, 6.45) is 5.94. The molecule has 140 valence electrons. The average Bonchev–Trinajstić information content (AvgIpc) is 2.58. The second-order valence-corrected chi connectivity index (χ2v) is 8.24. The molecule has 0 spiro atoms. The van der Waals surface area contributed by atoms with Gasteiger partial charge < -0.3 is 19.7 Å². The van der Waals surface area contributed by atoms with Crippen molar-refractivity contribution < 1.29 is 29.3 Å². The molecule has 6 nitrogen and oxygen atoms in total. The van der Waals surface area contributed by atoms with E-state index in [2.05, 4.69) is 6.92 Å². The summed E-state index contributed by atoms with van der Waals surface area (Å²) in [4.78, 5) is 23.4. The van der Waals surface area contributed by atoms with E-state index in [1.54, 1.807) is 0 Å². The number of carboxylic acid groups (broad SMARTS) is 1. The number of rotatable bonds is 5. The molecule has 2 N–H and O–H groups in total. The van der Waals surface area contributed by atoms with Crippen LogP contribution in [-0.4, -0.2) is 34.4 Å². The fourth-order valence-corrected chi connectivity index (χ4v) is 5.48. The topological polar surface area (TPSA) is 93.1 Å². The second kappa shape index (κ2) is 6.18. The van der Waals surface area contributed by atoms with Gasteiger partial charge in [-0.15, -0.1) is 0 Å². The van der Waals surface area contributed by atoms with Crippen LogP contribution < -0.4 is 4.74 Å².